The molecule has 1 aromatic rings. The third kappa shape index (κ3) is 3.81. The van der Waals surface area contributed by atoms with Crippen LogP contribution in [0.4, 0.5) is 0 Å². The van der Waals surface area contributed by atoms with Crippen LogP contribution >= 0.6 is 37.2 Å². The summed E-state index contributed by atoms with van der Waals surface area (Å²) in [5.41, 5.74) is -0.974. The molecule has 114 valence electrons. The number of hydrogen-bond donors (Lipinski definition) is 1. The number of H-pyrrole nitrogens is 1. The zero-order chi connectivity index (χ0) is 15.3. The molecule has 7 nitrogen and oxygen atoms in total. The van der Waals surface area contributed by atoms with Crippen molar-refractivity contribution in [2.45, 2.75) is 31.5 Å². The number of halogens is 2. The van der Waals surface area contributed by atoms with Crippen LogP contribution < -0.4 is 11.2 Å². The zero-order valence-electron chi connectivity index (χ0n) is 11.2. The molecule has 2 heterocycles. The van der Waals surface area contributed by atoms with Gasteiger partial charge in [0.25, 0.3) is 5.56 Å². The van der Waals surface area contributed by atoms with Crippen LogP contribution in [0, 0.1) is 0 Å². The number of rotatable bonds is 3. The predicted octanol–water partition coefficient (Wildman–Crippen LogP) is 1.26. The second-order valence-electron chi connectivity index (χ2n) is 4.15. The molecular weight excluding hydrogens is 494 g/mol. The molecule has 4 unspecified atom stereocenters. The fourth-order valence-electron chi connectivity index (χ4n) is 2.23. The molecule has 1 fully saturated rings. The van der Waals surface area contributed by atoms with E-state index in [0.717, 1.165) is 0 Å². The number of ether oxygens (including phenoxy) is 3. The molecule has 2 rings (SSSR count). The topological polar surface area (TPSA) is 82.5 Å². The predicted molar refractivity (Wildman–Crippen MR) is 90.5 cm³/mol. The lowest BCUT2D eigenvalue weighted by molar-refractivity contribution is -0.0546. The minimum atomic E-state index is -0.612. The second kappa shape index (κ2) is 8.46. The van der Waals surface area contributed by atoms with Gasteiger partial charge in [0, 0.05) is 63.7 Å². The van der Waals surface area contributed by atoms with Crippen LogP contribution in [0.5, 0.6) is 0 Å². The van der Waals surface area contributed by atoms with Crippen molar-refractivity contribution in [2.24, 2.45) is 0 Å². The molecule has 0 bridgehead atoms. The summed E-state index contributed by atoms with van der Waals surface area (Å²) in [7, 11) is 3.09. The summed E-state index contributed by atoms with van der Waals surface area (Å²) in [5.74, 6) is 0. The molecule has 1 N–H and O–H groups in total. The van der Waals surface area contributed by atoms with Gasteiger partial charge in [0.15, 0.2) is 6.23 Å². The van der Waals surface area contributed by atoms with Gasteiger partial charge in [-0.2, -0.15) is 0 Å². The maximum atomic E-state index is 11.7. The van der Waals surface area contributed by atoms with Crippen molar-refractivity contribution >= 4 is 37.2 Å². The van der Waals surface area contributed by atoms with Crippen molar-refractivity contribution in [1.82, 2.24) is 9.55 Å². The molecule has 1 saturated heterocycles. The Morgan fingerprint density at radius 2 is 1.85 bits per heavy atom. The first-order valence-electron chi connectivity index (χ1n) is 5.75. The lowest BCUT2D eigenvalue weighted by atomic mass is 10.1. The monoisotopic (exact) mass is 510 g/mol. The minimum Gasteiger partial charge on any atom is -0.376 e. The molecule has 4 atom stereocenters. The summed E-state index contributed by atoms with van der Waals surface area (Å²) in [6.07, 6.45) is -0.0988. The van der Waals surface area contributed by atoms with E-state index in [2.05, 4.69) is 42.2 Å². The normalized spacial score (nSPS) is 28.9. The molecule has 0 spiro atoms. The van der Waals surface area contributed by atoms with E-state index < -0.39 is 23.6 Å². The third-order valence-electron chi connectivity index (χ3n) is 3.09. The average molecular weight is 510 g/mol. The summed E-state index contributed by atoms with van der Waals surface area (Å²) in [4.78, 5) is 24.9. The van der Waals surface area contributed by atoms with Gasteiger partial charge in [-0.1, -0.05) is 0 Å². The van der Waals surface area contributed by atoms with Crippen LogP contribution in [0.15, 0.2) is 21.9 Å². The highest BCUT2D eigenvalue weighted by Crippen LogP contribution is 2.31. The van der Waals surface area contributed by atoms with Crippen molar-refractivity contribution < 1.29 is 14.2 Å². The van der Waals surface area contributed by atoms with Gasteiger partial charge >= 0.3 is 5.69 Å². The Bertz CT molecular complexity index is 532. The molecule has 0 aromatic carbocycles. The lowest BCUT2D eigenvalue weighted by Gasteiger charge is -2.21. The highest BCUT2D eigenvalue weighted by molar-refractivity contribution is 15.0. The first-order valence-corrected chi connectivity index (χ1v) is 12.0. The maximum absolute atomic E-state index is 11.7. The zero-order valence-corrected chi connectivity index (χ0v) is 15.5. The first-order chi connectivity index (χ1) is 9.58. The van der Waals surface area contributed by atoms with E-state index in [-0.39, 0.29) is 12.2 Å². The quantitative estimate of drug-likeness (QED) is 0.620. The fraction of sp³-hybridized carbons (Fsp3) is 0.636. The Morgan fingerprint density at radius 3 is 2.35 bits per heavy atom. The Labute approximate surface area is 139 Å². The molecule has 0 radical (unpaired) electrons. The van der Waals surface area contributed by atoms with Gasteiger partial charge < -0.3 is 14.2 Å². The van der Waals surface area contributed by atoms with Crippen molar-refractivity contribution in [1.29, 1.82) is 0 Å². The van der Waals surface area contributed by atoms with E-state index in [9.17, 15) is 9.59 Å². The van der Waals surface area contributed by atoms with Crippen molar-refractivity contribution in [3.05, 3.63) is 33.1 Å². The summed E-state index contributed by atoms with van der Waals surface area (Å²) in [5, 5.41) is 0. The molecular formula is C11H16I2N2O5. The number of methoxy groups -OCH3 is 2. The Balaban J connectivity index is 0.000000956. The van der Waals surface area contributed by atoms with Crippen molar-refractivity contribution in [2.75, 3.05) is 14.2 Å². The van der Waals surface area contributed by atoms with Gasteiger partial charge in [-0.05, 0) is 6.92 Å². The van der Waals surface area contributed by atoms with E-state index >= 15 is 0 Å². The smallest absolute Gasteiger partial charge is 0.330 e. The summed E-state index contributed by atoms with van der Waals surface area (Å²) in [6, 6.07) is 1.27. The third-order valence-corrected chi connectivity index (χ3v) is 3.09. The highest BCUT2D eigenvalue weighted by atomic mass is 128. The van der Waals surface area contributed by atoms with Crippen molar-refractivity contribution in [3.63, 3.8) is 0 Å². The molecule has 1 aromatic heterocycles. The van der Waals surface area contributed by atoms with E-state index in [1.165, 1.54) is 23.9 Å². The van der Waals surface area contributed by atoms with E-state index in [1.807, 2.05) is 6.92 Å². The Kier molecular flexibility index (Phi) is 7.64. The fourth-order valence-corrected chi connectivity index (χ4v) is 2.23. The van der Waals surface area contributed by atoms with Crippen LogP contribution in [-0.2, 0) is 14.2 Å². The molecule has 9 heteroatoms. The molecule has 1 aliphatic rings. The Hall–Kier alpha value is 0.0200. The average Bonchev–Trinajstić information content (AvgIpc) is 2.76. The number of nitrogens with one attached hydrogen (secondary N) is 1. The van der Waals surface area contributed by atoms with Gasteiger partial charge in [0.1, 0.15) is 12.2 Å². The maximum Gasteiger partial charge on any atom is 0.330 e. The summed E-state index contributed by atoms with van der Waals surface area (Å²) in [6.45, 7) is 1.84. The summed E-state index contributed by atoms with van der Waals surface area (Å²) >= 11 is 4.24. The molecule has 1 aliphatic heterocycles. The van der Waals surface area contributed by atoms with E-state index in [4.69, 9.17) is 14.2 Å². The minimum absolute atomic E-state index is 0.205. The van der Waals surface area contributed by atoms with E-state index in [1.54, 1.807) is 7.11 Å². The first kappa shape index (κ1) is 18.1. The number of nitrogens with zero attached hydrogens (tertiary/aromatic N) is 1. The van der Waals surface area contributed by atoms with Gasteiger partial charge in [-0.25, -0.2) is 4.79 Å². The van der Waals surface area contributed by atoms with E-state index in [0.29, 0.717) is 0 Å². The Morgan fingerprint density at radius 1 is 1.25 bits per heavy atom. The largest absolute Gasteiger partial charge is 0.376 e. The van der Waals surface area contributed by atoms with Gasteiger partial charge in [0.05, 0.1) is 6.10 Å². The molecule has 0 aliphatic carbocycles. The number of aromatic amines is 1. The van der Waals surface area contributed by atoms with Gasteiger partial charge in [0.2, 0.25) is 0 Å². The molecule has 20 heavy (non-hydrogen) atoms. The van der Waals surface area contributed by atoms with Crippen LogP contribution in [0.2, 0.25) is 0 Å². The number of aromatic nitrogens is 2. The molecule has 0 amide bonds. The SMILES string of the molecule is COC1C(C)OC(n2ccc(=O)[nH]c2=O)C1OC.II. The summed E-state index contributed by atoms with van der Waals surface area (Å²) < 4.78 is 17.6. The van der Waals surface area contributed by atoms with Crippen LogP contribution in [0.1, 0.15) is 13.2 Å². The number of hydrogen-bond acceptors (Lipinski definition) is 5. The van der Waals surface area contributed by atoms with Gasteiger partial charge in [-0.3, -0.25) is 14.3 Å². The second-order valence-corrected chi connectivity index (χ2v) is 4.15. The standard InChI is InChI=1S/C11H16N2O5.I2/c1-6-8(16-2)9(17-3)10(18-6)13-5-4-7(14)12-11(13)15;1-2/h4-6,8-10H,1-3H3,(H,12,14,15);. The van der Waals surface area contributed by atoms with Gasteiger partial charge in [-0.15, -0.1) is 0 Å². The highest BCUT2D eigenvalue weighted by Gasteiger charge is 2.44. The van der Waals surface area contributed by atoms with Crippen LogP contribution in [0.3, 0.4) is 0 Å². The van der Waals surface area contributed by atoms with Crippen molar-refractivity contribution in [3.8, 4) is 0 Å². The van der Waals surface area contributed by atoms with Crippen LogP contribution in [-0.4, -0.2) is 42.1 Å². The van der Waals surface area contributed by atoms with Crippen LogP contribution in [0.25, 0.3) is 0 Å². The molecule has 0 saturated carbocycles. The lowest BCUT2D eigenvalue weighted by Crippen LogP contribution is -2.39.